The molecular weight excluding hydrogens is 306 g/mol. The molecule has 1 saturated heterocycles. The summed E-state index contributed by atoms with van der Waals surface area (Å²) in [7, 11) is -4.37. The Balaban J connectivity index is 2.17. The van der Waals surface area contributed by atoms with E-state index in [1.807, 2.05) is 0 Å². The number of rotatable bonds is 3. The summed E-state index contributed by atoms with van der Waals surface area (Å²) in [6.07, 6.45) is 3.05. The minimum Gasteiger partial charge on any atom is -0.336 e. The molecule has 114 valence electrons. The Morgan fingerprint density at radius 2 is 1.91 bits per heavy atom. The zero-order valence-corrected chi connectivity index (χ0v) is 12.2. The van der Waals surface area contributed by atoms with Gasteiger partial charge in [-0.1, -0.05) is 0 Å². The molecule has 1 aliphatic heterocycles. The molecule has 22 heavy (non-hydrogen) atoms. The summed E-state index contributed by atoms with van der Waals surface area (Å²) in [5.74, 6) is 0. The fraction of sp³-hybridized carbons (Fsp3) is 0.143. The number of anilines is 1. The van der Waals surface area contributed by atoms with E-state index in [1.165, 1.54) is 29.4 Å². The Hall–Kier alpha value is -2.45. The van der Waals surface area contributed by atoms with Gasteiger partial charge in [-0.25, -0.2) is 4.79 Å². The molecule has 2 amide bonds. The number of nitrogens with zero attached hydrogens (tertiary/aromatic N) is 2. The highest BCUT2D eigenvalue weighted by atomic mass is 32.2. The van der Waals surface area contributed by atoms with Crippen molar-refractivity contribution in [3.63, 3.8) is 0 Å². The van der Waals surface area contributed by atoms with Gasteiger partial charge in [-0.2, -0.15) is 8.42 Å². The van der Waals surface area contributed by atoms with Crippen LogP contribution >= 0.6 is 0 Å². The zero-order valence-electron chi connectivity index (χ0n) is 11.4. The van der Waals surface area contributed by atoms with Crippen LogP contribution in [0, 0.1) is 0 Å². The first-order valence-electron chi connectivity index (χ1n) is 6.54. The molecule has 1 aromatic carbocycles. The number of nitrogens with one attached hydrogen (secondary N) is 1. The quantitative estimate of drug-likeness (QED) is 0.836. The third kappa shape index (κ3) is 2.66. The van der Waals surface area contributed by atoms with Gasteiger partial charge in [-0.15, -0.1) is 0 Å². The molecule has 1 fully saturated rings. The van der Waals surface area contributed by atoms with Crippen molar-refractivity contribution >= 4 is 21.8 Å². The fourth-order valence-corrected chi connectivity index (χ4v) is 3.08. The van der Waals surface area contributed by atoms with Gasteiger partial charge in [0, 0.05) is 36.7 Å². The number of carbonyl (C=O) groups is 1. The van der Waals surface area contributed by atoms with E-state index in [0.29, 0.717) is 29.9 Å². The van der Waals surface area contributed by atoms with Crippen molar-refractivity contribution in [3.05, 3.63) is 42.7 Å². The Labute approximate surface area is 127 Å². The van der Waals surface area contributed by atoms with Crippen molar-refractivity contribution in [1.82, 2.24) is 10.3 Å². The van der Waals surface area contributed by atoms with E-state index in [-0.39, 0.29) is 10.9 Å². The first kappa shape index (κ1) is 14.5. The smallest absolute Gasteiger partial charge is 0.321 e. The zero-order chi connectivity index (χ0) is 15.7. The molecule has 8 heteroatoms. The molecule has 0 atom stereocenters. The highest BCUT2D eigenvalue weighted by Crippen LogP contribution is 2.31. The summed E-state index contributed by atoms with van der Waals surface area (Å²) in [5, 5.41) is 2.68. The van der Waals surface area contributed by atoms with Gasteiger partial charge >= 0.3 is 6.03 Å². The lowest BCUT2D eigenvalue weighted by Gasteiger charge is -2.17. The summed E-state index contributed by atoms with van der Waals surface area (Å²) in [5.41, 5.74) is 1.47. The molecule has 3 rings (SSSR count). The average Bonchev–Trinajstić information content (AvgIpc) is 2.93. The lowest BCUT2D eigenvalue weighted by atomic mass is 10.1. The predicted octanol–water partition coefficient (Wildman–Crippen LogP) is 1.52. The van der Waals surface area contributed by atoms with E-state index < -0.39 is 10.1 Å². The van der Waals surface area contributed by atoms with Crippen LogP contribution in [0.15, 0.2) is 47.6 Å². The molecule has 1 aliphatic rings. The normalized spacial score (nSPS) is 15.0. The number of hydrogen-bond donors (Lipinski definition) is 2. The van der Waals surface area contributed by atoms with Gasteiger partial charge in [-0.05, 0) is 35.9 Å². The van der Waals surface area contributed by atoms with Crippen molar-refractivity contribution in [1.29, 1.82) is 0 Å². The van der Waals surface area contributed by atoms with Gasteiger partial charge in [0.1, 0.15) is 4.90 Å². The van der Waals surface area contributed by atoms with E-state index in [2.05, 4.69) is 10.3 Å². The number of urea groups is 1. The minimum absolute atomic E-state index is 0.206. The van der Waals surface area contributed by atoms with Gasteiger partial charge in [0.05, 0.1) is 0 Å². The summed E-state index contributed by atoms with van der Waals surface area (Å²) in [4.78, 5) is 16.9. The molecule has 0 radical (unpaired) electrons. The van der Waals surface area contributed by atoms with E-state index in [1.54, 1.807) is 18.2 Å². The standard InChI is InChI=1S/C14H13N3O4S/c18-14-16-7-8-17(14)11-1-2-13(22(19,20)21)12(9-11)10-3-5-15-6-4-10/h1-6,9H,7-8H2,(H,16,18)(H,19,20,21). The predicted molar refractivity (Wildman–Crippen MR) is 80.2 cm³/mol. The topological polar surface area (TPSA) is 99.6 Å². The second kappa shape index (κ2) is 5.39. The van der Waals surface area contributed by atoms with Crippen LogP contribution in [0.4, 0.5) is 10.5 Å². The molecule has 0 aliphatic carbocycles. The van der Waals surface area contributed by atoms with Crippen molar-refractivity contribution in [3.8, 4) is 11.1 Å². The molecule has 2 heterocycles. The van der Waals surface area contributed by atoms with Gasteiger partial charge in [0.15, 0.2) is 0 Å². The first-order chi connectivity index (χ1) is 10.5. The van der Waals surface area contributed by atoms with Crippen LogP contribution in [0.3, 0.4) is 0 Å². The molecule has 2 aromatic rings. The van der Waals surface area contributed by atoms with Crippen molar-refractivity contribution in [2.45, 2.75) is 4.90 Å². The Kier molecular flexibility index (Phi) is 3.55. The number of hydrogen-bond acceptors (Lipinski definition) is 4. The van der Waals surface area contributed by atoms with Gasteiger partial charge in [0.25, 0.3) is 10.1 Å². The van der Waals surface area contributed by atoms with Crippen LogP contribution < -0.4 is 10.2 Å². The summed E-state index contributed by atoms with van der Waals surface area (Å²) < 4.78 is 32.5. The number of pyridine rings is 1. The van der Waals surface area contributed by atoms with Crippen molar-refractivity contribution < 1.29 is 17.8 Å². The number of benzene rings is 1. The van der Waals surface area contributed by atoms with Crippen LogP contribution in [-0.4, -0.2) is 37.1 Å². The highest BCUT2D eigenvalue weighted by Gasteiger charge is 2.24. The molecule has 7 nitrogen and oxygen atoms in total. The Bertz CT molecular complexity index is 821. The van der Waals surface area contributed by atoms with Crippen LogP contribution in [0.25, 0.3) is 11.1 Å². The second-order valence-electron chi connectivity index (χ2n) is 4.77. The Morgan fingerprint density at radius 1 is 1.18 bits per heavy atom. The van der Waals surface area contributed by atoms with E-state index in [9.17, 15) is 17.8 Å². The van der Waals surface area contributed by atoms with Gasteiger partial charge < -0.3 is 5.32 Å². The van der Waals surface area contributed by atoms with Crippen molar-refractivity contribution in [2.24, 2.45) is 0 Å². The maximum absolute atomic E-state index is 11.7. The van der Waals surface area contributed by atoms with Gasteiger partial charge in [-0.3, -0.25) is 14.4 Å². The largest absolute Gasteiger partial charge is 0.336 e. The maximum atomic E-state index is 11.7. The molecule has 1 aromatic heterocycles. The van der Waals surface area contributed by atoms with Crippen LogP contribution in [0.5, 0.6) is 0 Å². The SMILES string of the molecule is O=C1NCCN1c1ccc(S(=O)(=O)O)c(-c2ccncc2)c1. The van der Waals surface area contributed by atoms with Crippen LogP contribution in [0.2, 0.25) is 0 Å². The fourth-order valence-electron chi connectivity index (χ4n) is 2.39. The van der Waals surface area contributed by atoms with E-state index in [4.69, 9.17) is 0 Å². The summed E-state index contributed by atoms with van der Waals surface area (Å²) >= 11 is 0. The highest BCUT2D eigenvalue weighted by molar-refractivity contribution is 7.86. The second-order valence-corrected chi connectivity index (χ2v) is 6.16. The van der Waals surface area contributed by atoms with E-state index in [0.717, 1.165) is 0 Å². The molecule has 0 saturated carbocycles. The third-order valence-corrected chi connectivity index (χ3v) is 4.31. The first-order valence-corrected chi connectivity index (χ1v) is 7.98. The molecular formula is C14H13N3O4S. The number of amides is 2. The summed E-state index contributed by atoms with van der Waals surface area (Å²) in [6, 6.07) is 7.41. The number of aromatic nitrogens is 1. The third-order valence-electron chi connectivity index (χ3n) is 3.40. The van der Waals surface area contributed by atoms with Gasteiger partial charge in [0.2, 0.25) is 0 Å². The van der Waals surface area contributed by atoms with Crippen molar-refractivity contribution in [2.75, 3.05) is 18.0 Å². The number of carbonyl (C=O) groups excluding carboxylic acids is 1. The minimum atomic E-state index is -4.37. The summed E-state index contributed by atoms with van der Waals surface area (Å²) in [6.45, 7) is 1.03. The van der Waals surface area contributed by atoms with E-state index >= 15 is 0 Å². The monoisotopic (exact) mass is 319 g/mol. The average molecular weight is 319 g/mol. The molecule has 0 unspecified atom stereocenters. The maximum Gasteiger partial charge on any atom is 0.321 e. The molecule has 0 spiro atoms. The molecule has 0 bridgehead atoms. The van der Waals surface area contributed by atoms with Crippen LogP contribution in [-0.2, 0) is 10.1 Å². The van der Waals surface area contributed by atoms with Crippen LogP contribution in [0.1, 0.15) is 0 Å². The molecule has 2 N–H and O–H groups in total. The lowest BCUT2D eigenvalue weighted by molar-refractivity contribution is 0.252. The Morgan fingerprint density at radius 3 is 2.50 bits per heavy atom. The lowest BCUT2D eigenvalue weighted by Crippen LogP contribution is -2.27.